The van der Waals surface area contributed by atoms with Crippen LogP contribution in [0.25, 0.3) is 0 Å². The third kappa shape index (κ3) is 2.43. The molecular weight excluding hydrogens is 208 g/mol. The van der Waals surface area contributed by atoms with Crippen molar-refractivity contribution in [2.24, 2.45) is 5.41 Å². The smallest absolute Gasteiger partial charge is 0.324 e. The Morgan fingerprint density at radius 3 is 2.19 bits per heavy atom. The molecule has 4 heteroatoms. The molecule has 0 spiro atoms. The van der Waals surface area contributed by atoms with Crippen LogP contribution in [0.15, 0.2) is 12.2 Å². The Labute approximate surface area is 95.6 Å². The summed E-state index contributed by atoms with van der Waals surface area (Å²) < 4.78 is 10.0. The SMILES string of the molecule is CCCOC(=O)C1(C(=O)OCC)CC=CC1. The van der Waals surface area contributed by atoms with Gasteiger partial charge in [0.1, 0.15) is 0 Å². The molecule has 16 heavy (non-hydrogen) atoms. The number of rotatable bonds is 5. The van der Waals surface area contributed by atoms with E-state index in [1.165, 1.54) is 0 Å². The second-order valence-corrected chi connectivity index (χ2v) is 3.82. The summed E-state index contributed by atoms with van der Waals surface area (Å²) in [5.41, 5.74) is -1.12. The van der Waals surface area contributed by atoms with E-state index in [1.807, 2.05) is 19.1 Å². The van der Waals surface area contributed by atoms with Crippen molar-refractivity contribution in [1.29, 1.82) is 0 Å². The van der Waals surface area contributed by atoms with Gasteiger partial charge in [-0.25, -0.2) is 0 Å². The fourth-order valence-electron chi connectivity index (χ4n) is 1.67. The fourth-order valence-corrected chi connectivity index (χ4v) is 1.67. The van der Waals surface area contributed by atoms with Crippen LogP contribution in [0.2, 0.25) is 0 Å². The maximum absolute atomic E-state index is 11.9. The molecule has 90 valence electrons. The molecule has 0 saturated carbocycles. The van der Waals surface area contributed by atoms with E-state index < -0.39 is 17.4 Å². The quantitative estimate of drug-likeness (QED) is 0.408. The van der Waals surface area contributed by atoms with Crippen molar-refractivity contribution in [3.05, 3.63) is 12.2 Å². The van der Waals surface area contributed by atoms with E-state index in [2.05, 4.69) is 0 Å². The van der Waals surface area contributed by atoms with Crippen molar-refractivity contribution in [2.45, 2.75) is 33.1 Å². The van der Waals surface area contributed by atoms with E-state index in [-0.39, 0.29) is 6.61 Å². The zero-order valence-electron chi connectivity index (χ0n) is 9.82. The van der Waals surface area contributed by atoms with Crippen molar-refractivity contribution in [3.63, 3.8) is 0 Å². The molecule has 0 amide bonds. The van der Waals surface area contributed by atoms with Gasteiger partial charge in [-0.3, -0.25) is 9.59 Å². The molecule has 0 atom stereocenters. The van der Waals surface area contributed by atoms with E-state index in [0.717, 1.165) is 6.42 Å². The highest BCUT2D eigenvalue weighted by Gasteiger charge is 2.49. The predicted octanol–water partition coefficient (Wildman–Crippen LogP) is 1.84. The van der Waals surface area contributed by atoms with Crippen LogP contribution in [0, 0.1) is 5.41 Å². The molecule has 0 aromatic rings. The first-order chi connectivity index (χ1) is 7.67. The van der Waals surface area contributed by atoms with Gasteiger partial charge in [-0.1, -0.05) is 19.1 Å². The van der Waals surface area contributed by atoms with Gasteiger partial charge in [-0.2, -0.15) is 0 Å². The molecule has 0 fully saturated rings. The summed E-state index contributed by atoms with van der Waals surface area (Å²) in [6.45, 7) is 4.27. The van der Waals surface area contributed by atoms with Crippen LogP contribution in [0.3, 0.4) is 0 Å². The zero-order valence-corrected chi connectivity index (χ0v) is 9.82. The van der Waals surface area contributed by atoms with Gasteiger partial charge in [0, 0.05) is 0 Å². The second-order valence-electron chi connectivity index (χ2n) is 3.82. The summed E-state index contributed by atoms with van der Waals surface area (Å²) in [5, 5.41) is 0. The first kappa shape index (κ1) is 12.7. The van der Waals surface area contributed by atoms with Crippen LogP contribution < -0.4 is 0 Å². The van der Waals surface area contributed by atoms with Crippen LogP contribution in [0.5, 0.6) is 0 Å². The van der Waals surface area contributed by atoms with Gasteiger partial charge in [0.25, 0.3) is 0 Å². The van der Waals surface area contributed by atoms with Crippen LogP contribution in [-0.2, 0) is 19.1 Å². The molecule has 0 aromatic carbocycles. The molecule has 0 bridgehead atoms. The number of carbonyl (C=O) groups excluding carboxylic acids is 2. The molecule has 1 aliphatic rings. The summed E-state index contributed by atoms with van der Waals surface area (Å²) >= 11 is 0. The number of allylic oxidation sites excluding steroid dienone is 2. The standard InChI is InChI=1S/C12H18O4/c1-3-9-16-11(14)12(7-5-6-8-12)10(13)15-4-2/h5-6H,3-4,7-9H2,1-2H3. The molecule has 0 unspecified atom stereocenters. The summed E-state index contributed by atoms with van der Waals surface area (Å²) in [7, 11) is 0. The van der Waals surface area contributed by atoms with Gasteiger partial charge in [-0.05, 0) is 26.2 Å². The average Bonchev–Trinajstić information content (AvgIpc) is 2.76. The zero-order chi connectivity index (χ0) is 12.0. The Kier molecular flexibility index (Phi) is 4.52. The lowest BCUT2D eigenvalue weighted by atomic mass is 9.85. The van der Waals surface area contributed by atoms with Crippen molar-refractivity contribution in [3.8, 4) is 0 Å². The van der Waals surface area contributed by atoms with Crippen LogP contribution in [0.1, 0.15) is 33.1 Å². The maximum Gasteiger partial charge on any atom is 0.324 e. The van der Waals surface area contributed by atoms with Gasteiger partial charge in [0.05, 0.1) is 13.2 Å². The Bertz CT molecular complexity index is 285. The Morgan fingerprint density at radius 2 is 1.69 bits per heavy atom. The first-order valence-electron chi connectivity index (χ1n) is 5.66. The van der Waals surface area contributed by atoms with Crippen LogP contribution in [-0.4, -0.2) is 25.2 Å². The van der Waals surface area contributed by atoms with E-state index >= 15 is 0 Å². The minimum atomic E-state index is -1.12. The summed E-state index contributed by atoms with van der Waals surface area (Å²) in [5.74, 6) is -0.932. The molecule has 1 rings (SSSR count). The third-order valence-electron chi connectivity index (χ3n) is 2.59. The van der Waals surface area contributed by atoms with Gasteiger partial charge in [-0.15, -0.1) is 0 Å². The summed E-state index contributed by atoms with van der Waals surface area (Å²) in [4.78, 5) is 23.7. The van der Waals surface area contributed by atoms with Gasteiger partial charge < -0.3 is 9.47 Å². The second kappa shape index (κ2) is 5.68. The van der Waals surface area contributed by atoms with E-state index in [9.17, 15) is 9.59 Å². The summed E-state index contributed by atoms with van der Waals surface area (Å²) in [6, 6.07) is 0. The number of esters is 2. The fraction of sp³-hybridized carbons (Fsp3) is 0.667. The number of hydrogen-bond donors (Lipinski definition) is 0. The average molecular weight is 226 g/mol. The molecule has 4 nitrogen and oxygen atoms in total. The van der Waals surface area contributed by atoms with Gasteiger partial charge >= 0.3 is 11.9 Å². The van der Waals surface area contributed by atoms with E-state index in [4.69, 9.17) is 9.47 Å². The van der Waals surface area contributed by atoms with E-state index in [1.54, 1.807) is 6.92 Å². The molecule has 0 aromatic heterocycles. The Morgan fingerprint density at radius 1 is 1.12 bits per heavy atom. The van der Waals surface area contributed by atoms with Crippen LogP contribution >= 0.6 is 0 Å². The van der Waals surface area contributed by atoms with Crippen molar-refractivity contribution >= 4 is 11.9 Å². The third-order valence-corrected chi connectivity index (χ3v) is 2.59. The highest BCUT2D eigenvalue weighted by Crippen LogP contribution is 2.36. The topological polar surface area (TPSA) is 52.6 Å². The van der Waals surface area contributed by atoms with Gasteiger partial charge in [0.2, 0.25) is 0 Å². The number of ether oxygens (including phenoxy) is 2. The molecule has 0 N–H and O–H groups in total. The summed E-state index contributed by atoms with van der Waals surface area (Å²) in [6.07, 6.45) is 5.16. The molecule has 0 aliphatic heterocycles. The monoisotopic (exact) mass is 226 g/mol. The molecule has 0 radical (unpaired) electrons. The normalized spacial score (nSPS) is 17.1. The Hall–Kier alpha value is -1.32. The van der Waals surface area contributed by atoms with Crippen molar-refractivity contribution in [2.75, 3.05) is 13.2 Å². The highest BCUT2D eigenvalue weighted by molar-refractivity contribution is 6.01. The minimum Gasteiger partial charge on any atom is -0.465 e. The Balaban J connectivity index is 2.72. The minimum absolute atomic E-state index is 0.279. The lowest BCUT2D eigenvalue weighted by Crippen LogP contribution is -2.40. The molecule has 1 aliphatic carbocycles. The highest BCUT2D eigenvalue weighted by atomic mass is 16.6. The number of carbonyl (C=O) groups is 2. The predicted molar refractivity (Wildman–Crippen MR) is 58.7 cm³/mol. The largest absolute Gasteiger partial charge is 0.465 e. The maximum atomic E-state index is 11.9. The molecule has 0 heterocycles. The lowest BCUT2D eigenvalue weighted by Gasteiger charge is -2.24. The van der Waals surface area contributed by atoms with Gasteiger partial charge in [0.15, 0.2) is 5.41 Å². The molecular formula is C12H18O4. The van der Waals surface area contributed by atoms with Crippen LogP contribution in [0.4, 0.5) is 0 Å². The van der Waals surface area contributed by atoms with E-state index in [0.29, 0.717) is 19.4 Å². The lowest BCUT2D eigenvalue weighted by molar-refractivity contribution is -0.171. The first-order valence-corrected chi connectivity index (χ1v) is 5.66. The van der Waals surface area contributed by atoms with Crippen molar-refractivity contribution in [1.82, 2.24) is 0 Å². The molecule has 0 saturated heterocycles. The van der Waals surface area contributed by atoms with Crippen molar-refractivity contribution < 1.29 is 19.1 Å². The number of hydrogen-bond acceptors (Lipinski definition) is 4.